The first kappa shape index (κ1) is 15.5. The van der Waals surface area contributed by atoms with Crippen molar-refractivity contribution in [2.24, 2.45) is 0 Å². The second-order valence-corrected chi connectivity index (χ2v) is 6.08. The third-order valence-corrected chi connectivity index (χ3v) is 3.35. The first-order chi connectivity index (χ1) is 9.94. The molecule has 1 amide bonds. The SMILES string of the molecule is CN(C)Cc1ccc(NC(=O)c2cc(N)cc(Br)c2)cc1. The van der Waals surface area contributed by atoms with Crippen molar-refractivity contribution >= 4 is 33.2 Å². The number of nitrogens with two attached hydrogens (primary N) is 1. The summed E-state index contributed by atoms with van der Waals surface area (Å²) < 4.78 is 0.786. The van der Waals surface area contributed by atoms with Crippen LogP contribution >= 0.6 is 15.9 Å². The van der Waals surface area contributed by atoms with Crippen molar-refractivity contribution < 1.29 is 4.79 Å². The number of nitrogens with one attached hydrogen (secondary N) is 1. The van der Waals surface area contributed by atoms with Gasteiger partial charge in [-0.1, -0.05) is 28.1 Å². The summed E-state index contributed by atoms with van der Waals surface area (Å²) >= 11 is 3.33. The molecule has 0 aliphatic carbocycles. The van der Waals surface area contributed by atoms with Crippen molar-refractivity contribution in [3.05, 3.63) is 58.1 Å². The van der Waals surface area contributed by atoms with Gasteiger partial charge in [0.2, 0.25) is 0 Å². The van der Waals surface area contributed by atoms with Crippen molar-refractivity contribution in [2.75, 3.05) is 25.1 Å². The summed E-state index contributed by atoms with van der Waals surface area (Å²) in [7, 11) is 4.04. The van der Waals surface area contributed by atoms with Crippen LogP contribution in [0.25, 0.3) is 0 Å². The van der Waals surface area contributed by atoms with E-state index in [-0.39, 0.29) is 5.91 Å². The Morgan fingerprint density at radius 1 is 1.19 bits per heavy atom. The van der Waals surface area contributed by atoms with E-state index < -0.39 is 0 Å². The van der Waals surface area contributed by atoms with Crippen molar-refractivity contribution in [3.8, 4) is 0 Å². The molecule has 21 heavy (non-hydrogen) atoms. The standard InChI is InChI=1S/C16H18BrN3O/c1-20(2)10-11-3-5-15(6-4-11)19-16(21)12-7-13(17)9-14(18)8-12/h3-9H,10,18H2,1-2H3,(H,19,21). The van der Waals surface area contributed by atoms with Crippen LogP contribution in [0.5, 0.6) is 0 Å². The lowest BCUT2D eigenvalue weighted by atomic mass is 10.1. The lowest BCUT2D eigenvalue weighted by Crippen LogP contribution is -2.13. The van der Waals surface area contributed by atoms with Gasteiger partial charge in [0.15, 0.2) is 0 Å². The molecule has 0 radical (unpaired) electrons. The van der Waals surface area contributed by atoms with Crippen LogP contribution in [0.15, 0.2) is 46.9 Å². The maximum Gasteiger partial charge on any atom is 0.255 e. The minimum absolute atomic E-state index is 0.177. The quantitative estimate of drug-likeness (QED) is 0.833. The number of rotatable bonds is 4. The molecule has 0 bridgehead atoms. The van der Waals surface area contributed by atoms with Gasteiger partial charge in [-0.05, 0) is 50.0 Å². The zero-order valence-corrected chi connectivity index (χ0v) is 13.6. The summed E-state index contributed by atoms with van der Waals surface area (Å²) in [6.07, 6.45) is 0. The zero-order valence-electron chi connectivity index (χ0n) is 12.1. The van der Waals surface area contributed by atoms with Crippen molar-refractivity contribution in [1.82, 2.24) is 4.90 Å². The first-order valence-corrected chi connectivity index (χ1v) is 7.34. The van der Waals surface area contributed by atoms with Crippen LogP contribution in [0.4, 0.5) is 11.4 Å². The Bertz CT molecular complexity index is 618. The predicted octanol–water partition coefficient (Wildman–Crippen LogP) is 3.35. The number of carbonyl (C=O) groups excluding carboxylic acids is 1. The van der Waals surface area contributed by atoms with Gasteiger partial charge >= 0.3 is 0 Å². The second kappa shape index (κ2) is 6.74. The molecule has 0 saturated carbocycles. The van der Waals surface area contributed by atoms with Crippen LogP contribution in [0.2, 0.25) is 0 Å². The minimum Gasteiger partial charge on any atom is -0.399 e. The van der Waals surface area contributed by atoms with E-state index in [1.54, 1.807) is 18.2 Å². The number of hydrogen-bond donors (Lipinski definition) is 2. The van der Waals surface area contributed by atoms with E-state index in [1.165, 1.54) is 5.56 Å². The summed E-state index contributed by atoms with van der Waals surface area (Å²) in [4.78, 5) is 14.3. The fourth-order valence-electron chi connectivity index (χ4n) is 2.01. The zero-order chi connectivity index (χ0) is 15.4. The van der Waals surface area contributed by atoms with Crippen LogP contribution in [0.1, 0.15) is 15.9 Å². The topological polar surface area (TPSA) is 58.4 Å². The summed E-state index contributed by atoms with van der Waals surface area (Å²) in [6, 6.07) is 13.0. The van der Waals surface area contributed by atoms with Crippen molar-refractivity contribution in [2.45, 2.75) is 6.54 Å². The van der Waals surface area contributed by atoms with Crippen molar-refractivity contribution in [3.63, 3.8) is 0 Å². The molecule has 5 heteroatoms. The normalized spacial score (nSPS) is 10.7. The number of anilines is 2. The van der Waals surface area contributed by atoms with Crippen LogP contribution < -0.4 is 11.1 Å². The molecular weight excluding hydrogens is 330 g/mol. The maximum absolute atomic E-state index is 12.2. The lowest BCUT2D eigenvalue weighted by Gasteiger charge is -2.11. The number of amides is 1. The molecule has 0 saturated heterocycles. The molecule has 3 N–H and O–H groups in total. The van der Waals surface area contributed by atoms with E-state index in [2.05, 4.69) is 26.1 Å². The molecule has 0 unspecified atom stereocenters. The molecule has 0 spiro atoms. The highest BCUT2D eigenvalue weighted by molar-refractivity contribution is 9.10. The van der Waals surface area contributed by atoms with Crippen LogP contribution in [0, 0.1) is 0 Å². The molecule has 2 aromatic carbocycles. The summed E-state index contributed by atoms with van der Waals surface area (Å²) in [5.41, 5.74) is 8.78. The second-order valence-electron chi connectivity index (χ2n) is 5.16. The number of benzene rings is 2. The number of carbonyl (C=O) groups is 1. The molecule has 0 aliphatic heterocycles. The molecule has 0 aliphatic rings. The first-order valence-electron chi connectivity index (χ1n) is 6.55. The van der Waals surface area contributed by atoms with Crippen molar-refractivity contribution in [1.29, 1.82) is 0 Å². The predicted molar refractivity (Wildman–Crippen MR) is 90.3 cm³/mol. The van der Waals surface area contributed by atoms with E-state index >= 15 is 0 Å². The summed E-state index contributed by atoms with van der Waals surface area (Å²) in [5, 5.41) is 2.86. The number of halogens is 1. The lowest BCUT2D eigenvalue weighted by molar-refractivity contribution is 0.102. The highest BCUT2D eigenvalue weighted by atomic mass is 79.9. The molecule has 2 rings (SSSR count). The van der Waals surface area contributed by atoms with Gasteiger partial charge in [-0.15, -0.1) is 0 Å². The summed E-state index contributed by atoms with van der Waals surface area (Å²) in [5.74, 6) is -0.177. The molecule has 2 aromatic rings. The van der Waals surface area contributed by atoms with Crippen LogP contribution in [-0.4, -0.2) is 24.9 Å². The van der Waals surface area contributed by atoms with E-state index in [0.29, 0.717) is 11.3 Å². The molecule has 0 fully saturated rings. The van der Waals surface area contributed by atoms with Gasteiger partial charge < -0.3 is 16.0 Å². The van der Waals surface area contributed by atoms with Gasteiger partial charge in [0.25, 0.3) is 5.91 Å². The fourth-order valence-corrected chi connectivity index (χ4v) is 2.52. The van der Waals surface area contributed by atoms with Gasteiger partial charge in [0, 0.05) is 28.0 Å². The Hall–Kier alpha value is -1.85. The third-order valence-electron chi connectivity index (χ3n) is 2.89. The molecule has 110 valence electrons. The van der Waals surface area contributed by atoms with Crippen LogP contribution in [-0.2, 0) is 6.54 Å². The molecular formula is C16H18BrN3O. The minimum atomic E-state index is -0.177. The molecule has 0 aromatic heterocycles. The average Bonchev–Trinajstić information content (AvgIpc) is 2.39. The fraction of sp³-hybridized carbons (Fsp3) is 0.188. The Morgan fingerprint density at radius 3 is 2.43 bits per heavy atom. The third kappa shape index (κ3) is 4.58. The molecule has 0 atom stereocenters. The number of nitrogen functional groups attached to an aromatic ring is 1. The highest BCUT2D eigenvalue weighted by Gasteiger charge is 2.08. The largest absolute Gasteiger partial charge is 0.399 e. The maximum atomic E-state index is 12.2. The van der Waals surface area contributed by atoms with Gasteiger partial charge in [-0.3, -0.25) is 4.79 Å². The smallest absolute Gasteiger partial charge is 0.255 e. The van der Waals surface area contributed by atoms with Gasteiger partial charge in [0.05, 0.1) is 0 Å². The number of nitrogens with zero attached hydrogens (tertiary/aromatic N) is 1. The van der Waals surface area contributed by atoms with E-state index in [9.17, 15) is 4.79 Å². The number of hydrogen-bond acceptors (Lipinski definition) is 3. The average molecular weight is 348 g/mol. The van der Waals surface area contributed by atoms with Gasteiger partial charge in [-0.25, -0.2) is 0 Å². The highest BCUT2D eigenvalue weighted by Crippen LogP contribution is 2.19. The van der Waals surface area contributed by atoms with Gasteiger partial charge in [-0.2, -0.15) is 0 Å². The Kier molecular flexibility index (Phi) is 4.98. The van der Waals surface area contributed by atoms with Gasteiger partial charge in [0.1, 0.15) is 0 Å². The van der Waals surface area contributed by atoms with E-state index in [1.807, 2.05) is 38.4 Å². The Balaban J connectivity index is 2.08. The summed E-state index contributed by atoms with van der Waals surface area (Å²) in [6.45, 7) is 0.871. The monoisotopic (exact) mass is 347 g/mol. The van der Waals surface area contributed by atoms with E-state index in [0.717, 1.165) is 16.7 Å². The molecule has 0 heterocycles. The van der Waals surface area contributed by atoms with E-state index in [4.69, 9.17) is 5.73 Å². The Labute approximate surface area is 133 Å². The Morgan fingerprint density at radius 2 is 1.86 bits per heavy atom. The van der Waals surface area contributed by atoms with Crippen LogP contribution in [0.3, 0.4) is 0 Å². The molecule has 4 nitrogen and oxygen atoms in total.